The van der Waals surface area contributed by atoms with E-state index in [1.807, 2.05) is 16.4 Å². The molecule has 0 radical (unpaired) electrons. The van der Waals surface area contributed by atoms with Crippen molar-refractivity contribution in [1.29, 1.82) is 0 Å². The molecular weight excluding hydrogens is 260 g/mol. The molecule has 3 heterocycles. The first kappa shape index (κ1) is 12.8. The van der Waals surface area contributed by atoms with E-state index in [1.165, 1.54) is 5.56 Å². The Bertz CT molecular complexity index is 510. The molecule has 1 saturated heterocycles. The molecule has 0 aromatic carbocycles. The number of rotatable bonds is 4. The van der Waals surface area contributed by atoms with Gasteiger partial charge in [0.15, 0.2) is 0 Å². The molecule has 1 fully saturated rings. The fourth-order valence-corrected chi connectivity index (χ4v) is 2.90. The summed E-state index contributed by atoms with van der Waals surface area (Å²) in [6, 6.07) is 0. The van der Waals surface area contributed by atoms with Gasteiger partial charge in [0, 0.05) is 31.2 Å². The van der Waals surface area contributed by atoms with Crippen molar-refractivity contribution in [3.63, 3.8) is 0 Å². The molecule has 5 nitrogen and oxygen atoms in total. The average Bonchev–Trinajstić information content (AvgIpc) is 3.02. The van der Waals surface area contributed by atoms with E-state index in [0.717, 1.165) is 38.5 Å². The zero-order valence-corrected chi connectivity index (χ0v) is 11.8. The third-order valence-corrected chi connectivity index (χ3v) is 3.88. The minimum absolute atomic E-state index is 0.215. The van der Waals surface area contributed by atoms with Gasteiger partial charge >= 0.3 is 0 Å². The zero-order chi connectivity index (χ0) is 13.1. The van der Waals surface area contributed by atoms with Crippen molar-refractivity contribution in [2.45, 2.75) is 26.1 Å². The second kappa shape index (κ2) is 5.81. The lowest BCUT2D eigenvalue weighted by molar-refractivity contribution is -0.0405. The quantitative estimate of drug-likeness (QED) is 0.851. The molecule has 1 aliphatic rings. The van der Waals surface area contributed by atoms with Gasteiger partial charge in [0.25, 0.3) is 0 Å². The van der Waals surface area contributed by atoms with Crippen LogP contribution in [0.2, 0.25) is 0 Å². The highest BCUT2D eigenvalue weighted by Gasteiger charge is 2.21. The van der Waals surface area contributed by atoms with Crippen LogP contribution in [0.4, 0.5) is 0 Å². The van der Waals surface area contributed by atoms with Crippen LogP contribution >= 0.6 is 11.3 Å². The highest BCUT2D eigenvalue weighted by atomic mass is 32.1. The average molecular weight is 278 g/mol. The van der Waals surface area contributed by atoms with E-state index in [2.05, 4.69) is 33.5 Å². The summed E-state index contributed by atoms with van der Waals surface area (Å²) in [5.41, 5.74) is 4.23. The molecule has 0 aliphatic carbocycles. The van der Waals surface area contributed by atoms with Crippen molar-refractivity contribution in [2.75, 3.05) is 19.7 Å². The molecule has 3 rings (SSSR count). The number of hydrogen-bond acceptors (Lipinski definition) is 5. The van der Waals surface area contributed by atoms with Gasteiger partial charge in [0.05, 0.1) is 36.7 Å². The van der Waals surface area contributed by atoms with Gasteiger partial charge < -0.3 is 4.74 Å². The highest BCUT2D eigenvalue weighted by molar-refractivity contribution is 7.07. The van der Waals surface area contributed by atoms with Crippen LogP contribution in [0.3, 0.4) is 0 Å². The maximum absolute atomic E-state index is 5.82. The van der Waals surface area contributed by atoms with Crippen molar-refractivity contribution in [1.82, 2.24) is 19.7 Å². The SMILES string of the molecule is Cc1cnn(CC2CN(Cc3cscn3)CCO2)c1. The Balaban J connectivity index is 1.55. The smallest absolute Gasteiger partial charge is 0.0898 e. The highest BCUT2D eigenvalue weighted by Crippen LogP contribution is 2.12. The monoisotopic (exact) mass is 278 g/mol. The first-order chi connectivity index (χ1) is 9.29. The van der Waals surface area contributed by atoms with Gasteiger partial charge in [-0.2, -0.15) is 5.10 Å². The number of nitrogens with zero attached hydrogens (tertiary/aromatic N) is 4. The van der Waals surface area contributed by atoms with Crippen LogP contribution < -0.4 is 0 Å². The number of morpholine rings is 1. The summed E-state index contributed by atoms with van der Waals surface area (Å²) in [5, 5.41) is 6.43. The van der Waals surface area contributed by atoms with Crippen molar-refractivity contribution < 1.29 is 4.74 Å². The Hall–Kier alpha value is -1.24. The largest absolute Gasteiger partial charge is 0.374 e. The van der Waals surface area contributed by atoms with Crippen LogP contribution in [-0.4, -0.2) is 45.5 Å². The van der Waals surface area contributed by atoms with Crippen LogP contribution in [-0.2, 0) is 17.8 Å². The number of ether oxygens (including phenoxy) is 1. The van der Waals surface area contributed by atoms with Crippen molar-refractivity contribution in [2.24, 2.45) is 0 Å². The summed E-state index contributed by atoms with van der Waals surface area (Å²) in [4.78, 5) is 6.74. The van der Waals surface area contributed by atoms with Gasteiger partial charge in [-0.25, -0.2) is 4.98 Å². The second-order valence-corrected chi connectivity index (χ2v) is 5.67. The summed E-state index contributed by atoms with van der Waals surface area (Å²) in [7, 11) is 0. The number of aryl methyl sites for hydroxylation is 1. The maximum atomic E-state index is 5.82. The molecule has 0 bridgehead atoms. The fourth-order valence-electron chi connectivity index (χ4n) is 2.35. The molecule has 102 valence electrons. The summed E-state index contributed by atoms with van der Waals surface area (Å²) >= 11 is 1.65. The molecule has 1 unspecified atom stereocenters. The predicted octanol–water partition coefficient (Wildman–Crippen LogP) is 1.55. The van der Waals surface area contributed by atoms with Gasteiger partial charge in [0.2, 0.25) is 0 Å². The lowest BCUT2D eigenvalue weighted by Crippen LogP contribution is -2.43. The van der Waals surface area contributed by atoms with Crippen LogP contribution in [0.15, 0.2) is 23.3 Å². The molecule has 2 aromatic heterocycles. The van der Waals surface area contributed by atoms with Crippen LogP contribution in [0.1, 0.15) is 11.3 Å². The molecule has 0 saturated carbocycles. The van der Waals surface area contributed by atoms with Crippen LogP contribution in [0.25, 0.3) is 0 Å². The van der Waals surface area contributed by atoms with Crippen molar-refractivity contribution in [3.8, 4) is 0 Å². The lowest BCUT2D eigenvalue weighted by Gasteiger charge is -2.32. The van der Waals surface area contributed by atoms with E-state index in [9.17, 15) is 0 Å². The van der Waals surface area contributed by atoms with Crippen LogP contribution in [0.5, 0.6) is 0 Å². The molecule has 6 heteroatoms. The third-order valence-electron chi connectivity index (χ3n) is 3.25. The molecular formula is C13H18N4OS. The van der Waals surface area contributed by atoms with E-state index in [0.29, 0.717) is 0 Å². The first-order valence-electron chi connectivity index (χ1n) is 6.49. The Morgan fingerprint density at radius 1 is 1.53 bits per heavy atom. The Kier molecular flexibility index (Phi) is 3.91. The van der Waals surface area contributed by atoms with E-state index < -0.39 is 0 Å². The van der Waals surface area contributed by atoms with E-state index in [-0.39, 0.29) is 6.10 Å². The third kappa shape index (κ3) is 3.40. The minimum Gasteiger partial charge on any atom is -0.374 e. The zero-order valence-electron chi connectivity index (χ0n) is 11.0. The van der Waals surface area contributed by atoms with E-state index in [4.69, 9.17) is 4.74 Å². The first-order valence-corrected chi connectivity index (χ1v) is 7.44. The summed E-state index contributed by atoms with van der Waals surface area (Å²) in [6.45, 7) is 6.50. The van der Waals surface area contributed by atoms with Gasteiger partial charge in [-0.15, -0.1) is 11.3 Å². The topological polar surface area (TPSA) is 43.2 Å². The summed E-state index contributed by atoms with van der Waals surface area (Å²) < 4.78 is 7.78. The van der Waals surface area contributed by atoms with Crippen LogP contribution in [0, 0.1) is 6.92 Å². The van der Waals surface area contributed by atoms with E-state index >= 15 is 0 Å². The Morgan fingerprint density at radius 3 is 3.21 bits per heavy atom. The summed E-state index contributed by atoms with van der Waals surface area (Å²) in [6.07, 6.45) is 4.16. The molecule has 1 aliphatic heterocycles. The summed E-state index contributed by atoms with van der Waals surface area (Å²) in [5.74, 6) is 0. The lowest BCUT2D eigenvalue weighted by atomic mass is 10.2. The minimum atomic E-state index is 0.215. The van der Waals surface area contributed by atoms with Crippen molar-refractivity contribution in [3.05, 3.63) is 34.5 Å². The van der Waals surface area contributed by atoms with Crippen molar-refractivity contribution >= 4 is 11.3 Å². The van der Waals surface area contributed by atoms with Gasteiger partial charge in [0.1, 0.15) is 0 Å². The molecule has 0 amide bonds. The number of aromatic nitrogens is 3. The normalized spacial score (nSPS) is 20.8. The Labute approximate surface area is 116 Å². The van der Waals surface area contributed by atoms with E-state index in [1.54, 1.807) is 11.3 Å². The van der Waals surface area contributed by atoms with Gasteiger partial charge in [-0.1, -0.05) is 0 Å². The fraction of sp³-hybridized carbons (Fsp3) is 0.538. The van der Waals surface area contributed by atoms with Gasteiger partial charge in [-0.05, 0) is 12.5 Å². The van der Waals surface area contributed by atoms with Gasteiger partial charge in [-0.3, -0.25) is 9.58 Å². The molecule has 2 aromatic rings. The second-order valence-electron chi connectivity index (χ2n) is 4.95. The maximum Gasteiger partial charge on any atom is 0.0898 e. The molecule has 19 heavy (non-hydrogen) atoms. The molecule has 0 spiro atoms. The standard InChI is InChI=1S/C13H18N4OS/c1-11-4-15-17(5-11)8-13-7-16(2-3-18-13)6-12-9-19-10-14-12/h4-5,9-10,13H,2-3,6-8H2,1H3. The molecule has 0 N–H and O–H groups in total. The molecule has 1 atom stereocenters. The Morgan fingerprint density at radius 2 is 2.47 bits per heavy atom. The number of hydrogen-bond donors (Lipinski definition) is 0. The number of thiazole rings is 1. The predicted molar refractivity (Wildman–Crippen MR) is 74.1 cm³/mol.